The van der Waals surface area contributed by atoms with Crippen LogP contribution in [0.25, 0.3) is 0 Å². The minimum Gasteiger partial charge on any atom is -0.321 e. The van der Waals surface area contributed by atoms with Crippen LogP contribution in [0, 0.1) is 0 Å². The standard InChI is InChI=1S/C11H6BrF3N2OS/c12-8-2-1-6(3-7(8)11(13,14)15)17-10(18)9-4-19-5-16-9/h1-5H,(H,17,18). The van der Waals surface area contributed by atoms with Gasteiger partial charge in [-0.3, -0.25) is 4.79 Å². The van der Waals surface area contributed by atoms with E-state index in [-0.39, 0.29) is 15.9 Å². The number of anilines is 1. The lowest BCUT2D eigenvalue weighted by atomic mass is 10.2. The summed E-state index contributed by atoms with van der Waals surface area (Å²) < 4.78 is 38.0. The van der Waals surface area contributed by atoms with E-state index in [2.05, 4.69) is 26.2 Å². The number of amides is 1. The maximum Gasteiger partial charge on any atom is 0.417 e. The minimum atomic E-state index is -4.49. The first-order chi connectivity index (χ1) is 8.88. The molecule has 0 bridgehead atoms. The normalized spacial score (nSPS) is 11.4. The maximum absolute atomic E-state index is 12.7. The quantitative estimate of drug-likeness (QED) is 0.882. The summed E-state index contributed by atoms with van der Waals surface area (Å²) in [5, 5.41) is 3.88. The topological polar surface area (TPSA) is 42.0 Å². The van der Waals surface area contributed by atoms with Gasteiger partial charge in [0.05, 0.1) is 11.1 Å². The molecule has 0 atom stereocenters. The Kier molecular flexibility index (Phi) is 3.91. The first kappa shape index (κ1) is 14.0. The van der Waals surface area contributed by atoms with Gasteiger partial charge in [0.15, 0.2) is 0 Å². The zero-order valence-electron chi connectivity index (χ0n) is 9.16. The first-order valence-corrected chi connectivity index (χ1v) is 6.68. The Bertz CT molecular complexity index is 598. The van der Waals surface area contributed by atoms with Crippen molar-refractivity contribution in [2.24, 2.45) is 0 Å². The maximum atomic E-state index is 12.7. The van der Waals surface area contributed by atoms with Crippen molar-refractivity contribution in [1.82, 2.24) is 4.98 Å². The van der Waals surface area contributed by atoms with Crippen LogP contribution in [0.3, 0.4) is 0 Å². The van der Waals surface area contributed by atoms with Crippen molar-refractivity contribution < 1.29 is 18.0 Å². The summed E-state index contributed by atoms with van der Waals surface area (Å²) in [6, 6.07) is 3.48. The molecule has 2 aromatic rings. The van der Waals surface area contributed by atoms with Crippen LogP contribution >= 0.6 is 27.3 Å². The third kappa shape index (κ3) is 3.32. The first-order valence-electron chi connectivity index (χ1n) is 4.94. The van der Waals surface area contributed by atoms with Crippen LogP contribution in [0.4, 0.5) is 18.9 Å². The van der Waals surface area contributed by atoms with Gasteiger partial charge in [-0.2, -0.15) is 13.2 Å². The Balaban J connectivity index is 2.25. The average Bonchev–Trinajstić information content (AvgIpc) is 2.83. The summed E-state index contributed by atoms with van der Waals surface area (Å²) in [4.78, 5) is 15.4. The molecule has 1 amide bonds. The number of alkyl halides is 3. The van der Waals surface area contributed by atoms with Crippen molar-refractivity contribution in [1.29, 1.82) is 0 Å². The summed E-state index contributed by atoms with van der Waals surface area (Å²) in [6.07, 6.45) is -4.49. The monoisotopic (exact) mass is 350 g/mol. The summed E-state index contributed by atoms with van der Waals surface area (Å²) in [5.41, 5.74) is 0.857. The molecule has 0 fully saturated rings. The second-order valence-electron chi connectivity index (χ2n) is 3.52. The van der Waals surface area contributed by atoms with Crippen LogP contribution in [0.5, 0.6) is 0 Å². The third-order valence-electron chi connectivity index (χ3n) is 2.19. The number of thiazole rings is 1. The van der Waals surface area contributed by atoms with Gasteiger partial charge < -0.3 is 5.32 Å². The lowest BCUT2D eigenvalue weighted by Gasteiger charge is -2.11. The number of carbonyl (C=O) groups excluding carboxylic acids is 1. The van der Waals surface area contributed by atoms with Crippen LogP contribution in [0.15, 0.2) is 33.6 Å². The van der Waals surface area contributed by atoms with Crippen LogP contribution in [-0.4, -0.2) is 10.9 Å². The molecule has 0 spiro atoms. The van der Waals surface area contributed by atoms with Crippen LogP contribution in [0.2, 0.25) is 0 Å². The molecule has 0 aliphatic rings. The van der Waals surface area contributed by atoms with Crippen molar-refractivity contribution in [3.05, 3.63) is 44.8 Å². The van der Waals surface area contributed by atoms with Crippen molar-refractivity contribution >= 4 is 38.9 Å². The predicted octanol–water partition coefficient (Wildman–Crippen LogP) is 4.18. The number of halogens is 4. The Morgan fingerprint density at radius 3 is 2.68 bits per heavy atom. The number of nitrogens with one attached hydrogen (secondary N) is 1. The minimum absolute atomic E-state index is 0.0634. The molecular weight excluding hydrogens is 345 g/mol. The zero-order chi connectivity index (χ0) is 14.0. The summed E-state index contributed by atoms with van der Waals surface area (Å²) in [6.45, 7) is 0. The lowest BCUT2D eigenvalue weighted by molar-refractivity contribution is -0.138. The van der Waals surface area contributed by atoms with E-state index in [1.165, 1.54) is 34.4 Å². The number of benzene rings is 1. The van der Waals surface area contributed by atoms with Gasteiger partial charge in [-0.15, -0.1) is 11.3 Å². The molecule has 3 nitrogen and oxygen atoms in total. The van der Waals surface area contributed by atoms with Crippen molar-refractivity contribution in [3.63, 3.8) is 0 Å². The van der Waals surface area contributed by atoms with E-state index in [1.54, 1.807) is 0 Å². The summed E-state index contributed by atoms with van der Waals surface area (Å²) in [5.74, 6) is -0.545. The number of hydrogen-bond acceptors (Lipinski definition) is 3. The molecule has 0 radical (unpaired) electrons. The molecule has 19 heavy (non-hydrogen) atoms. The fourth-order valence-corrected chi connectivity index (χ4v) is 2.34. The van der Waals surface area contributed by atoms with Gasteiger partial charge in [0.2, 0.25) is 0 Å². The molecule has 0 saturated carbocycles. The van der Waals surface area contributed by atoms with Gasteiger partial charge in [0.25, 0.3) is 5.91 Å². The molecule has 0 aliphatic carbocycles. The molecule has 1 N–H and O–H groups in total. The Hall–Kier alpha value is -1.41. The Morgan fingerprint density at radius 1 is 1.37 bits per heavy atom. The second kappa shape index (κ2) is 5.30. The SMILES string of the molecule is O=C(Nc1ccc(Br)c(C(F)(F)F)c1)c1cscn1. The van der Waals surface area contributed by atoms with E-state index < -0.39 is 17.6 Å². The second-order valence-corrected chi connectivity index (χ2v) is 5.09. The zero-order valence-corrected chi connectivity index (χ0v) is 11.6. The number of hydrogen-bond donors (Lipinski definition) is 1. The molecule has 2 rings (SSSR count). The van der Waals surface area contributed by atoms with Crippen LogP contribution in [-0.2, 0) is 6.18 Å². The molecule has 0 aliphatic heterocycles. The van der Waals surface area contributed by atoms with Gasteiger partial charge in [0.1, 0.15) is 5.69 Å². The number of rotatable bonds is 2. The van der Waals surface area contributed by atoms with E-state index >= 15 is 0 Å². The molecule has 1 aromatic heterocycles. The van der Waals surface area contributed by atoms with Crippen LogP contribution < -0.4 is 5.32 Å². The molecule has 8 heteroatoms. The van der Waals surface area contributed by atoms with E-state index in [1.807, 2.05) is 0 Å². The highest BCUT2D eigenvalue weighted by atomic mass is 79.9. The number of nitrogens with zero attached hydrogens (tertiary/aromatic N) is 1. The fraction of sp³-hybridized carbons (Fsp3) is 0.0909. The highest BCUT2D eigenvalue weighted by Gasteiger charge is 2.33. The van der Waals surface area contributed by atoms with Crippen molar-refractivity contribution in [2.75, 3.05) is 5.32 Å². The van der Waals surface area contributed by atoms with Gasteiger partial charge in [0, 0.05) is 15.5 Å². The third-order valence-corrected chi connectivity index (χ3v) is 3.47. The largest absolute Gasteiger partial charge is 0.417 e. The fourth-order valence-electron chi connectivity index (χ4n) is 1.34. The van der Waals surface area contributed by atoms with E-state index in [4.69, 9.17) is 0 Å². The Labute approximate surface area is 118 Å². The molecule has 100 valence electrons. The number of aromatic nitrogens is 1. The van der Waals surface area contributed by atoms with E-state index in [0.29, 0.717) is 0 Å². The molecule has 0 saturated heterocycles. The summed E-state index contributed by atoms with van der Waals surface area (Å²) in [7, 11) is 0. The molecule has 1 heterocycles. The van der Waals surface area contributed by atoms with Crippen molar-refractivity contribution in [2.45, 2.75) is 6.18 Å². The van der Waals surface area contributed by atoms with E-state index in [0.717, 1.165) is 6.07 Å². The molecular formula is C11H6BrF3N2OS. The highest BCUT2D eigenvalue weighted by Crippen LogP contribution is 2.36. The van der Waals surface area contributed by atoms with Crippen molar-refractivity contribution in [3.8, 4) is 0 Å². The van der Waals surface area contributed by atoms with Gasteiger partial charge in [-0.1, -0.05) is 15.9 Å². The van der Waals surface area contributed by atoms with E-state index in [9.17, 15) is 18.0 Å². The molecule has 1 aromatic carbocycles. The predicted molar refractivity (Wildman–Crippen MR) is 69.2 cm³/mol. The van der Waals surface area contributed by atoms with Gasteiger partial charge >= 0.3 is 6.18 Å². The summed E-state index contributed by atoms with van der Waals surface area (Å²) >= 11 is 4.06. The highest BCUT2D eigenvalue weighted by molar-refractivity contribution is 9.10. The Morgan fingerprint density at radius 2 is 2.11 bits per heavy atom. The van der Waals surface area contributed by atoms with Crippen LogP contribution in [0.1, 0.15) is 16.1 Å². The average molecular weight is 351 g/mol. The number of carbonyl (C=O) groups is 1. The molecule has 0 unspecified atom stereocenters. The lowest BCUT2D eigenvalue weighted by Crippen LogP contribution is -2.13. The smallest absolute Gasteiger partial charge is 0.321 e. The van der Waals surface area contributed by atoms with Gasteiger partial charge in [-0.25, -0.2) is 4.98 Å². The van der Waals surface area contributed by atoms with Gasteiger partial charge in [-0.05, 0) is 18.2 Å².